The van der Waals surface area contributed by atoms with Gasteiger partial charge in [-0.2, -0.15) is 5.10 Å². The van der Waals surface area contributed by atoms with Gasteiger partial charge in [0.25, 0.3) is 5.91 Å². The van der Waals surface area contributed by atoms with Crippen LogP contribution < -0.4 is 5.32 Å². The zero-order valence-corrected chi connectivity index (χ0v) is 13.2. The number of hydrogen-bond acceptors (Lipinski definition) is 3. The second-order valence-electron chi connectivity index (χ2n) is 4.71. The Balaban J connectivity index is 1.78. The normalized spacial score (nSPS) is 10.4. The average Bonchev–Trinajstić information content (AvgIpc) is 3.03. The van der Waals surface area contributed by atoms with Crippen molar-refractivity contribution in [2.24, 2.45) is 0 Å². The summed E-state index contributed by atoms with van der Waals surface area (Å²) in [5.74, 6) is -0.166. The maximum absolute atomic E-state index is 12.4. The molecule has 2 heterocycles. The molecule has 110 valence electrons. The molecule has 0 spiro atoms. The van der Waals surface area contributed by atoms with E-state index < -0.39 is 0 Å². The first-order valence-corrected chi connectivity index (χ1v) is 7.50. The molecule has 5 nitrogen and oxygen atoms in total. The summed E-state index contributed by atoms with van der Waals surface area (Å²) in [7, 11) is 0. The minimum atomic E-state index is -0.166. The summed E-state index contributed by atoms with van der Waals surface area (Å²) >= 11 is 3.43. The van der Waals surface area contributed by atoms with Crippen molar-refractivity contribution >= 4 is 21.8 Å². The molecule has 0 saturated carbocycles. The number of rotatable bonds is 4. The number of nitrogens with one attached hydrogen (secondary N) is 2. The Hall–Kier alpha value is -2.47. The number of aromatic nitrogens is 3. The van der Waals surface area contributed by atoms with Gasteiger partial charge in [-0.15, -0.1) is 0 Å². The van der Waals surface area contributed by atoms with Crippen molar-refractivity contribution in [2.75, 3.05) is 0 Å². The average molecular weight is 357 g/mol. The minimum Gasteiger partial charge on any atom is -0.348 e. The van der Waals surface area contributed by atoms with E-state index in [2.05, 4.69) is 36.4 Å². The van der Waals surface area contributed by atoms with Crippen LogP contribution in [0.1, 0.15) is 15.9 Å². The third kappa shape index (κ3) is 3.23. The molecule has 2 N–H and O–H groups in total. The lowest BCUT2D eigenvalue weighted by atomic mass is 10.1. The highest BCUT2D eigenvalue weighted by atomic mass is 79.9. The minimum absolute atomic E-state index is 0.166. The third-order valence-electron chi connectivity index (χ3n) is 3.20. The molecule has 0 fully saturated rings. The predicted molar refractivity (Wildman–Crippen MR) is 87.1 cm³/mol. The second kappa shape index (κ2) is 6.53. The van der Waals surface area contributed by atoms with Gasteiger partial charge in [0.1, 0.15) is 0 Å². The summed E-state index contributed by atoms with van der Waals surface area (Å²) in [5, 5.41) is 9.77. The molecule has 0 aliphatic heterocycles. The molecular formula is C16H13BrN4O. The van der Waals surface area contributed by atoms with Crippen LogP contribution in [0.3, 0.4) is 0 Å². The molecule has 0 radical (unpaired) electrons. The van der Waals surface area contributed by atoms with E-state index in [9.17, 15) is 4.79 Å². The summed E-state index contributed by atoms with van der Waals surface area (Å²) in [4.78, 5) is 16.3. The zero-order chi connectivity index (χ0) is 15.4. The lowest BCUT2D eigenvalue weighted by Gasteiger charge is -2.06. The number of H-pyrrole nitrogens is 1. The fourth-order valence-corrected chi connectivity index (χ4v) is 2.50. The van der Waals surface area contributed by atoms with Crippen LogP contribution in [0, 0.1) is 0 Å². The van der Waals surface area contributed by atoms with Gasteiger partial charge in [-0.25, -0.2) is 0 Å². The van der Waals surface area contributed by atoms with Crippen molar-refractivity contribution in [3.8, 4) is 11.3 Å². The van der Waals surface area contributed by atoms with Crippen molar-refractivity contribution in [1.29, 1.82) is 0 Å². The Kier molecular flexibility index (Phi) is 4.29. The van der Waals surface area contributed by atoms with Crippen LogP contribution >= 0.6 is 15.9 Å². The fourth-order valence-electron chi connectivity index (χ4n) is 2.10. The van der Waals surface area contributed by atoms with Gasteiger partial charge in [0.05, 0.1) is 17.5 Å². The number of aromatic amines is 1. The number of pyridine rings is 1. The maximum Gasteiger partial charge on any atom is 0.255 e. The van der Waals surface area contributed by atoms with Gasteiger partial charge in [-0.05, 0) is 29.8 Å². The van der Waals surface area contributed by atoms with Crippen molar-refractivity contribution in [3.05, 3.63) is 70.6 Å². The monoisotopic (exact) mass is 356 g/mol. The SMILES string of the molecule is O=C(NCc1ccncc1)c1cn[nH]c1-c1cccc(Br)c1. The topological polar surface area (TPSA) is 70.7 Å². The van der Waals surface area contributed by atoms with Crippen molar-refractivity contribution in [2.45, 2.75) is 6.54 Å². The largest absolute Gasteiger partial charge is 0.348 e. The van der Waals surface area contributed by atoms with E-state index in [1.54, 1.807) is 12.4 Å². The number of carbonyl (C=O) groups is 1. The van der Waals surface area contributed by atoms with E-state index in [1.807, 2.05) is 36.4 Å². The van der Waals surface area contributed by atoms with Gasteiger partial charge in [-0.3, -0.25) is 14.9 Å². The third-order valence-corrected chi connectivity index (χ3v) is 3.69. The molecule has 0 bridgehead atoms. The summed E-state index contributed by atoms with van der Waals surface area (Å²) in [6.45, 7) is 0.449. The van der Waals surface area contributed by atoms with Crippen LogP contribution in [0.5, 0.6) is 0 Å². The summed E-state index contributed by atoms with van der Waals surface area (Å²) in [6.07, 6.45) is 4.94. The zero-order valence-electron chi connectivity index (χ0n) is 11.6. The van der Waals surface area contributed by atoms with E-state index >= 15 is 0 Å². The predicted octanol–water partition coefficient (Wildman–Crippen LogP) is 3.16. The molecule has 22 heavy (non-hydrogen) atoms. The van der Waals surface area contributed by atoms with E-state index in [4.69, 9.17) is 0 Å². The first-order valence-electron chi connectivity index (χ1n) is 6.70. The molecule has 1 amide bonds. The van der Waals surface area contributed by atoms with E-state index in [0.29, 0.717) is 17.8 Å². The highest BCUT2D eigenvalue weighted by Gasteiger charge is 2.15. The van der Waals surface area contributed by atoms with E-state index in [1.165, 1.54) is 6.20 Å². The van der Waals surface area contributed by atoms with Crippen LogP contribution in [-0.2, 0) is 6.54 Å². The van der Waals surface area contributed by atoms with Gasteiger partial charge >= 0.3 is 0 Å². The molecule has 0 unspecified atom stereocenters. The Morgan fingerprint density at radius 1 is 1.23 bits per heavy atom. The second-order valence-corrected chi connectivity index (χ2v) is 5.62. The first kappa shape index (κ1) is 14.5. The fraction of sp³-hybridized carbons (Fsp3) is 0.0625. The standard InChI is InChI=1S/C16H13BrN4O/c17-13-3-1-2-12(8-13)15-14(10-20-21-15)16(22)19-9-11-4-6-18-7-5-11/h1-8,10H,9H2,(H,19,22)(H,20,21). The summed E-state index contributed by atoms with van der Waals surface area (Å²) in [6, 6.07) is 11.4. The Morgan fingerprint density at radius 3 is 2.82 bits per heavy atom. The van der Waals surface area contributed by atoms with Crippen LogP contribution in [-0.4, -0.2) is 21.1 Å². The number of benzene rings is 1. The smallest absolute Gasteiger partial charge is 0.255 e. The molecule has 0 atom stereocenters. The van der Waals surface area contributed by atoms with Crippen molar-refractivity contribution in [3.63, 3.8) is 0 Å². The Morgan fingerprint density at radius 2 is 2.05 bits per heavy atom. The number of carbonyl (C=O) groups excluding carboxylic acids is 1. The van der Waals surface area contributed by atoms with Gasteiger partial charge < -0.3 is 5.32 Å². The van der Waals surface area contributed by atoms with Gasteiger partial charge in [0.2, 0.25) is 0 Å². The van der Waals surface area contributed by atoms with Crippen molar-refractivity contribution < 1.29 is 4.79 Å². The number of hydrogen-bond donors (Lipinski definition) is 2. The Bertz CT molecular complexity index is 786. The summed E-state index contributed by atoms with van der Waals surface area (Å²) in [5.41, 5.74) is 3.12. The molecule has 0 aliphatic rings. The van der Waals surface area contributed by atoms with E-state index in [-0.39, 0.29) is 5.91 Å². The molecule has 1 aromatic carbocycles. The number of amides is 1. The molecule has 2 aromatic heterocycles. The first-order chi connectivity index (χ1) is 10.7. The quantitative estimate of drug-likeness (QED) is 0.754. The van der Waals surface area contributed by atoms with Crippen LogP contribution in [0.25, 0.3) is 11.3 Å². The van der Waals surface area contributed by atoms with Crippen LogP contribution in [0.2, 0.25) is 0 Å². The molecule has 6 heteroatoms. The number of halogens is 1. The Labute approximate surface area is 135 Å². The summed E-state index contributed by atoms with van der Waals surface area (Å²) < 4.78 is 0.947. The molecular weight excluding hydrogens is 344 g/mol. The molecule has 3 aromatic rings. The number of nitrogens with zero attached hydrogens (tertiary/aromatic N) is 2. The highest BCUT2D eigenvalue weighted by molar-refractivity contribution is 9.10. The van der Waals surface area contributed by atoms with Crippen molar-refractivity contribution in [1.82, 2.24) is 20.5 Å². The van der Waals surface area contributed by atoms with Crippen LogP contribution in [0.4, 0.5) is 0 Å². The van der Waals surface area contributed by atoms with Gasteiger partial charge in [0, 0.05) is 29.0 Å². The highest BCUT2D eigenvalue weighted by Crippen LogP contribution is 2.24. The van der Waals surface area contributed by atoms with Gasteiger partial charge in [0.15, 0.2) is 0 Å². The molecule has 0 aliphatic carbocycles. The van der Waals surface area contributed by atoms with E-state index in [0.717, 1.165) is 15.6 Å². The molecule has 0 saturated heterocycles. The lowest BCUT2D eigenvalue weighted by Crippen LogP contribution is -2.22. The molecule has 3 rings (SSSR count). The van der Waals surface area contributed by atoms with Gasteiger partial charge in [-0.1, -0.05) is 28.1 Å². The maximum atomic E-state index is 12.4. The van der Waals surface area contributed by atoms with Crippen LogP contribution in [0.15, 0.2) is 59.5 Å². The lowest BCUT2D eigenvalue weighted by molar-refractivity contribution is 0.0951.